The molecule has 0 saturated heterocycles. The molecule has 2 aromatic rings. The molecule has 0 unspecified atom stereocenters. The molecule has 0 aliphatic carbocycles. The lowest BCUT2D eigenvalue weighted by atomic mass is 10.2. The highest BCUT2D eigenvalue weighted by atomic mass is 32.2. The van der Waals surface area contributed by atoms with Crippen LogP contribution in [-0.4, -0.2) is 11.7 Å². The molecule has 21 heavy (non-hydrogen) atoms. The molecule has 0 fully saturated rings. The van der Waals surface area contributed by atoms with Crippen molar-refractivity contribution in [1.82, 2.24) is 0 Å². The van der Waals surface area contributed by atoms with E-state index in [-0.39, 0.29) is 5.56 Å². The predicted molar refractivity (Wildman–Crippen MR) is 81.7 cm³/mol. The first kappa shape index (κ1) is 15.3. The van der Waals surface area contributed by atoms with Crippen molar-refractivity contribution in [1.29, 1.82) is 0 Å². The number of para-hydroxylation sites is 1. The monoisotopic (exact) mass is 305 g/mol. The van der Waals surface area contributed by atoms with Crippen LogP contribution in [0.4, 0.5) is 14.5 Å². The molecule has 0 saturated carbocycles. The van der Waals surface area contributed by atoms with Gasteiger partial charge in [0.15, 0.2) is 11.6 Å². The second kappa shape index (κ2) is 7.04. The number of carbonyl (C=O) groups excluding carboxylic acids is 1. The van der Waals surface area contributed by atoms with E-state index < -0.39 is 17.5 Å². The van der Waals surface area contributed by atoms with E-state index in [0.717, 1.165) is 11.0 Å². The maximum atomic E-state index is 13.6. The van der Waals surface area contributed by atoms with Crippen molar-refractivity contribution in [3.8, 4) is 0 Å². The average molecular weight is 305 g/mol. The van der Waals surface area contributed by atoms with Gasteiger partial charge < -0.3 is 5.32 Å². The Hall–Kier alpha value is -2.14. The van der Waals surface area contributed by atoms with Crippen LogP contribution in [0.5, 0.6) is 0 Å². The molecule has 0 aliphatic rings. The molecule has 1 amide bonds. The Bertz CT molecular complexity index is 673. The molecule has 5 heteroatoms. The van der Waals surface area contributed by atoms with Crippen LogP contribution in [0.1, 0.15) is 10.4 Å². The summed E-state index contributed by atoms with van der Waals surface area (Å²) >= 11 is 1.49. The minimum absolute atomic E-state index is 0.321. The summed E-state index contributed by atoms with van der Waals surface area (Å²) in [6, 6.07) is 10.7. The van der Waals surface area contributed by atoms with Gasteiger partial charge in [-0.3, -0.25) is 4.79 Å². The quantitative estimate of drug-likeness (QED) is 0.651. The Labute approximate surface area is 125 Å². The van der Waals surface area contributed by atoms with Gasteiger partial charge in [0.25, 0.3) is 5.91 Å². The number of halogens is 2. The molecule has 0 aliphatic heterocycles. The zero-order valence-corrected chi connectivity index (χ0v) is 11.9. The van der Waals surface area contributed by atoms with Crippen LogP contribution in [-0.2, 0) is 0 Å². The minimum atomic E-state index is -1.15. The number of benzene rings is 2. The van der Waals surface area contributed by atoms with Crippen molar-refractivity contribution < 1.29 is 13.6 Å². The van der Waals surface area contributed by atoms with Gasteiger partial charge in [-0.1, -0.05) is 24.3 Å². The summed E-state index contributed by atoms with van der Waals surface area (Å²) in [5.41, 5.74) is 0.233. The van der Waals surface area contributed by atoms with E-state index in [4.69, 9.17) is 0 Å². The van der Waals surface area contributed by atoms with Crippen LogP contribution in [0.25, 0.3) is 0 Å². The van der Waals surface area contributed by atoms with Crippen molar-refractivity contribution in [2.45, 2.75) is 4.90 Å². The molecule has 2 aromatic carbocycles. The van der Waals surface area contributed by atoms with E-state index in [0.29, 0.717) is 11.4 Å². The highest BCUT2D eigenvalue weighted by Gasteiger charge is 2.16. The van der Waals surface area contributed by atoms with Gasteiger partial charge in [-0.05, 0) is 24.3 Å². The normalized spacial score (nSPS) is 10.2. The molecule has 0 aromatic heterocycles. The van der Waals surface area contributed by atoms with E-state index in [1.807, 2.05) is 12.1 Å². The van der Waals surface area contributed by atoms with Crippen LogP contribution in [0, 0.1) is 11.6 Å². The molecule has 0 atom stereocenters. The maximum Gasteiger partial charge on any atom is 0.258 e. The SMILES string of the molecule is C=CCSc1ccccc1NC(=O)c1cccc(F)c1F. The Morgan fingerprint density at radius 2 is 1.95 bits per heavy atom. The van der Waals surface area contributed by atoms with Crippen molar-refractivity contribution in [3.63, 3.8) is 0 Å². The lowest BCUT2D eigenvalue weighted by molar-refractivity contribution is 0.102. The molecule has 2 nitrogen and oxygen atoms in total. The Morgan fingerprint density at radius 3 is 2.71 bits per heavy atom. The number of thioether (sulfide) groups is 1. The van der Waals surface area contributed by atoms with Gasteiger partial charge in [0, 0.05) is 10.6 Å². The largest absolute Gasteiger partial charge is 0.321 e. The fraction of sp³-hybridized carbons (Fsp3) is 0.0625. The Kier molecular flexibility index (Phi) is 5.11. The summed E-state index contributed by atoms with van der Waals surface area (Å²) in [6.45, 7) is 3.64. The first-order valence-corrected chi connectivity index (χ1v) is 7.20. The summed E-state index contributed by atoms with van der Waals surface area (Å²) in [4.78, 5) is 12.9. The third-order valence-electron chi connectivity index (χ3n) is 2.69. The fourth-order valence-electron chi connectivity index (χ4n) is 1.71. The summed E-state index contributed by atoms with van der Waals surface area (Å²) in [6.07, 6.45) is 1.75. The summed E-state index contributed by atoms with van der Waals surface area (Å²) in [5, 5.41) is 2.60. The predicted octanol–water partition coefficient (Wildman–Crippen LogP) is 4.50. The first-order valence-electron chi connectivity index (χ1n) is 6.21. The number of hydrogen-bond donors (Lipinski definition) is 1. The number of rotatable bonds is 5. The molecular formula is C16H13F2NOS. The maximum absolute atomic E-state index is 13.6. The second-order valence-electron chi connectivity index (χ2n) is 4.15. The lowest BCUT2D eigenvalue weighted by Gasteiger charge is -2.10. The van der Waals surface area contributed by atoms with Gasteiger partial charge in [0.2, 0.25) is 0 Å². The lowest BCUT2D eigenvalue weighted by Crippen LogP contribution is -2.15. The highest BCUT2D eigenvalue weighted by Crippen LogP contribution is 2.27. The van der Waals surface area contributed by atoms with Gasteiger partial charge in [-0.2, -0.15) is 0 Å². The second-order valence-corrected chi connectivity index (χ2v) is 5.21. The molecule has 1 N–H and O–H groups in total. The van der Waals surface area contributed by atoms with Crippen molar-refractivity contribution in [2.24, 2.45) is 0 Å². The number of amides is 1. The van der Waals surface area contributed by atoms with Crippen LogP contribution in [0.3, 0.4) is 0 Å². The molecule has 0 bridgehead atoms. The zero-order chi connectivity index (χ0) is 15.2. The van der Waals surface area contributed by atoms with Gasteiger partial charge in [-0.25, -0.2) is 8.78 Å². The molecule has 0 heterocycles. The fourth-order valence-corrected chi connectivity index (χ4v) is 2.46. The molecule has 0 radical (unpaired) electrons. The summed E-state index contributed by atoms with van der Waals surface area (Å²) < 4.78 is 26.8. The van der Waals surface area contributed by atoms with Crippen molar-refractivity contribution in [2.75, 3.05) is 11.1 Å². The van der Waals surface area contributed by atoms with E-state index >= 15 is 0 Å². The van der Waals surface area contributed by atoms with Gasteiger partial charge in [0.05, 0.1) is 11.3 Å². The number of nitrogens with one attached hydrogen (secondary N) is 1. The Morgan fingerprint density at radius 1 is 1.19 bits per heavy atom. The third kappa shape index (κ3) is 3.70. The van der Waals surface area contributed by atoms with Gasteiger partial charge in [0.1, 0.15) is 0 Å². The van der Waals surface area contributed by atoms with Crippen LogP contribution in [0.15, 0.2) is 60.0 Å². The van der Waals surface area contributed by atoms with Gasteiger partial charge >= 0.3 is 0 Å². The van der Waals surface area contributed by atoms with Crippen molar-refractivity contribution in [3.05, 3.63) is 72.3 Å². The highest BCUT2D eigenvalue weighted by molar-refractivity contribution is 7.99. The van der Waals surface area contributed by atoms with Gasteiger partial charge in [-0.15, -0.1) is 18.3 Å². The van der Waals surface area contributed by atoms with Crippen molar-refractivity contribution >= 4 is 23.4 Å². The van der Waals surface area contributed by atoms with E-state index in [9.17, 15) is 13.6 Å². The molecule has 0 spiro atoms. The summed E-state index contributed by atoms with van der Waals surface area (Å²) in [5.74, 6) is -2.19. The van der Waals surface area contributed by atoms with E-state index in [1.165, 1.54) is 23.9 Å². The minimum Gasteiger partial charge on any atom is -0.321 e. The molecule has 2 rings (SSSR count). The summed E-state index contributed by atoms with van der Waals surface area (Å²) in [7, 11) is 0. The van der Waals surface area contributed by atoms with Crippen LogP contribution in [0.2, 0.25) is 0 Å². The van der Waals surface area contributed by atoms with E-state index in [2.05, 4.69) is 11.9 Å². The van der Waals surface area contributed by atoms with Crippen LogP contribution >= 0.6 is 11.8 Å². The molecule has 108 valence electrons. The Balaban J connectivity index is 2.23. The average Bonchev–Trinajstić information content (AvgIpc) is 2.49. The number of carbonyl (C=O) groups is 1. The first-order chi connectivity index (χ1) is 10.1. The zero-order valence-electron chi connectivity index (χ0n) is 11.1. The number of hydrogen-bond acceptors (Lipinski definition) is 2. The molecular weight excluding hydrogens is 292 g/mol. The van der Waals surface area contributed by atoms with Crippen LogP contribution < -0.4 is 5.32 Å². The topological polar surface area (TPSA) is 29.1 Å². The standard InChI is InChI=1S/C16H13F2NOS/c1-2-10-21-14-9-4-3-8-13(14)19-16(20)11-6-5-7-12(17)15(11)18/h2-9H,1,10H2,(H,19,20). The number of anilines is 1. The third-order valence-corrected chi connectivity index (χ3v) is 3.76. The van der Waals surface area contributed by atoms with E-state index in [1.54, 1.807) is 18.2 Å². The smallest absolute Gasteiger partial charge is 0.258 e.